The maximum absolute atomic E-state index is 12.9. The van der Waals surface area contributed by atoms with Crippen LogP contribution in [0.15, 0.2) is 84.0 Å². The summed E-state index contributed by atoms with van der Waals surface area (Å²) in [4.78, 5) is 12.9. The molecule has 44 heavy (non-hydrogen) atoms. The Morgan fingerprint density at radius 2 is 1.57 bits per heavy atom. The monoisotopic (exact) mass is 618 g/mol. The van der Waals surface area contributed by atoms with Crippen LogP contribution in [-0.4, -0.2) is 42.3 Å². The van der Waals surface area contributed by atoms with Crippen molar-refractivity contribution in [3.63, 3.8) is 0 Å². The van der Waals surface area contributed by atoms with Crippen molar-refractivity contribution in [1.82, 2.24) is 0 Å². The lowest BCUT2D eigenvalue weighted by Crippen LogP contribution is -2.53. The van der Waals surface area contributed by atoms with Crippen molar-refractivity contribution in [1.29, 1.82) is 0 Å². The highest BCUT2D eigenvalue weighted by Gasteiger charge is 2.50. The average molecular weight is 619 g/mol. The number of hydrogen-bond acceptors (Lipinski definition) is 6. The normalized spacial score (nSPS) is 30.9. The van der Waals surface area contributed by atoms with E-state index in [1.54, 1.807) is 0 Å². The first-order valence-corrected chi connectivity index (χ1v) is 17.2. The number of benzene rings is 2. The zero-order valence-corrected chi connectivity index (χ0v) is 28.0. The third-order valence-electron chi connectivity index (χ3n) is 9.78. The number of rotatable bonds is 10. The second-order valence-corrected chi connectivity index (χ2v) is 15.6. The molecule has 5 nitrogen and oxygen atoms in total. The van der Waals surface area contributed by atoms with Crippen molar-refractivity contribution in [2.75, 3.05) is 19.8 Å². The van der Waals surface area contributed by atoms with Crippen molar-refractivity contribution in [2.45, 2.75) is 101 Å². The zero-order chi connectivity index (χ0) is 31.4. The Morgan fingerprint density at radius 1 is 1.00 bits per heavy atom. The number of esters is 1. The van der Waals surface area contributed by atoms with Crippen molar-refractivity contribution < 1.29 is 24.1 Å². The van der Waals surface area contributed by atoms with Gasteiger partial charge in [-0.05, 0) is 49.7 Å². The number of carbonyl (C=O) groups excluding carboxylic acids is 1. The number of aliphatic hydroxyl groups is 1. The number of allylic oxidation sites excluding steroid dienone is 2. The Hall–Kier alpha value is -2.38. The van der Waals surface area contributed by atoms with Gasteiger partial charge in [-0.2, -0.15) is 0 Å². The predicted molar refractivity (Wildman–Crippen MR) is 178 cm³/mol. The van der Waals surface area contributed by atoms with Crippen LogP contribution in [0.3, 0.4) is 0 Å². The predicted octanol–water partition coefficient (Wildman–Crippen LogP) is 8.90. The topological polar surface area (TPSA) is 65.0 Å². The van der Waals surface area contributed by atoms with Crippen LogP contribution < -0.4 is 0 Å². The van der Waals surface area contributed by atoms with Crippen molar-refractivity contribution in [3.05, 3.63) is 95.1 Å². The average Bonchev–Trinajstić information content (AvgIpc) is 3.01. The molecule has 3 unspecified atom stereocenters. The summed E-state index contributed by atoms with van der Waals surface area (Å²) in [6.45, 7) is 11.7. The van der Waals surface area contributed by atoms with Crippen LogP contribution in [0, 0.1) is 10.8 Å². The molecule has 2 heterocycles. The molecule has 0 saturated carbocycles. The molecule has 3 aliphatic rings. The number of hydrogen-bond donors (Lipinski definition) is 1. The molecule has 1 spiro atoms. The third kappa shape index (κ3) is 8.06. The van der Waals surface area contributed by atoms with Crippen molar-refractivity contribution in [3.8, 4) is 0 Å². The lowest BCUT2D eigenvalue weighted by Gasteiger charge is -2.50. The fraction of sp³-hybridized carbons (Fsp3) is 0.553. The lowest BCUT2D eigenvalue weighted by atomic mass is 9.72. The molecule has 6 heteroatoms. The van der Waals surface area contributed by atoms with Crippen LogP contribution in [0.5, 0.6) is 0 Å². The summed E-state index contributed by atoms with van der Waals surface area (Å²) < 4.78 is 19.3. The first kappa shape index (κ1) is 33.0. The molecule has 238 valence electrons. The molecule has 0 amide bonds. The van der Waals surface area contributed by atoms with Crippen LogP contribution in [0.2, 0.25) is 0 Å². The highest BCUT2D eigenvalue weighted by molar-refractivity contribution is 7.99. The van der Waals surface area contributed by atoms with E-state index in [0.717, 1.165) is 37.7 Å². The van der Waals surface area contributed by atoms with E-state index in [1.165, 1.54) is 16.7 Å². The fourth-order valence-corrected chi connectivity index (χ4v) is 8.54. The van der Waals surface area contributed by atoms with Crippen LogP contribution in [0.25, 0.3) is 0 Å². The van der Waals surface area contributed by atoms with Crippen LogP contribution in [0.1, 0.15) is 101 Å². The highest BCUT2D eigenvalue weighted by Crippen LogP contribution is 2.56. The maximum atomic E-state index is 12.9. The van der Waals surface area contributed by atoms with E-state index in [4.69, 9.17) is 14.2 Å². The summed E-state index contributed by atoms with van der Waals surface area (Å²) in [6, 6.07) is 21.3. The van der Waals surface area contributed by atoms with Gasteiger partial charge in [0.1, 0.15) is 6.61 Å². The smallest absolute Gasteiger partial charge is 0.305 e. The highest BCUT2D eigenvalue weighted by atomic mass is 32.2. The van der Waals surface area contributed by atoms with Gasteiger partial charge in [0.15, 0.2) is 5.79 Å². The first-order valence-electron chi connectivity index (χ1n) is 16.2. The van der Waals surface area contributed by atoms with Crippen molar-refractivity contribution >= 4 is 17.7 Å². The standard InChI is InChI=1S/C38H50O5S/c1-6-37(25-41-34(39)18-13-19-35(3,4)31-20-28(2)21-36(5,40)22-31)26-42-38(43-27-37)23-32(29-14-9-7-10-15-29)44-33(24-38)30-16-11-8-12-17-30/h7-12,14-17,20-21,32-33,40H,6,13,18-19,22-27H2,1-5H3. The Bertz CT molecular complexity index is 1270. The van der Waals surface area contributed by atoms with Crippen LogP contribution in [-0.2, 0) is 19.0 Å². The summed E-state index contributed by atoms with van der Waals surface area (Å²) in [5, 5.41) is 11.2. The molecule has 2 saturated heterocycles. The van der Waals surface area contributed by atoms with E-state index >= 15 is 0 Å². The van der Waals surface area contributed by atoms with E-state index in [-0.39, 0.29) is 27.3 Å². The number of thioether (sulfide) groups is 1. The molecule has 1 N–H and O–H groups in total. The van der Waals surface area contributed by atoms with Gasteiger partial charge in [-0.25, -0.2) is 0 Å². The van der Waals surface area contributed by atoms with Crippen LogP contribution >= 0.6 is 11.8 Å². The van der Waals surface area contributed by atoms with Gasteiger partial charge >= 0.3 is 5.97 Å². The Labute approximate surface area is 268 Å². The third-order valence-corrected chi connectivity index (χ3v) is 11.3. The first-order chi connectivity index (χ1) is 20.9. The van der Waals surface area contributed by atoms with Gasteiger partial charge < -0.3 is 19.3 Å². The summed E-state index contributed by atoms with van der Waals surface area (Å²) in [6.07, 6.45) is 9.10. The summed E-state index contributed by atoms with van der Waals surface area (Å²) in [5.74, 6) is -0.830. The molecule has 2 fully saturated rings. The zero-order valence-electron chi connectivity index (χ0n) is 27.1. The minimum Gasteiger partial charge on any atom is -0.465 e. The van der Waals surface area contributed by atoms with E-state index < -0.39 is 11.4 Å². The van der Waals surface area contributed by atoms with Gasteiger partial charge in [0, 0.05) is 36.2 Å². The Balaban J connectivity index is 1.16. The maximum Gasteiger partial charge on any atom is 0.305 e. The lowest BCUT2D eigenvalue weighted by molar-refractivity contribution is -0.315. The second kappa shape index (κ2) is 13.5. The summed E-state index contributed by atoms with van der Waals surface area (Å²) in [5.41, 5.74) is 3.65. The molecule has 5 rings (SSSR count). The van der Waals surface area contributed by atoms with Gasteiger partial charge in [0.2, 0.25) is 0 Å². The fourth-order valence-electron chi connectivity index (χ4n) is 6.82. The molecule has 3 atom stereocenters. The van der Waals surface area contributed by atoms with E-state index in [1.807, 2.05) is 31.7 Å². The van der Waals surface area contributed by atoms with E-state index in [9.17, 15) is 9.90 Å². The molecule has 0 radical (unpaired) electrons. The van der Waals surface area contributed by atoms with Crippen molar-refractivity contribution in [2.24, 2.45) is 10.8 Å². The second-order valence-electron chi connectivity index (χ2n) is 14.2. The van der Waals surface area contributed by atoms with Gasteiger partial charge in [-0.1, -0.05) is 105 Å². The summed E-state index contributed by atoms with van der Waals surface area (Å²) in [7, 11) is 0. The van der Waals surface area contributed by atoms with Crippen LogP contribution in [0.4, 0.5) is 0 Å². The molecule has 2 aromatic carbocycles. The SMILES string of the molecule is CCC1(COC(=O)CCCC(C)(C)C2=CC(C)=CC(C)(O)C2)COC2(CC(c3ccccc3)SC(c3ccccc3)C2)OC1. The molecule has 2 aliphatic heterocycles. The molecular formula is C38H50O5S. The van der Waals surface area contributed by atoms with Gasteiger partial charge in [0.25, 0.3) is 0 Å². The van der Waals surface area contributed by atoms with Gasteiger partial charge in [-0.15, -0.1) is 11.8 Å². The molecule has 2 aromatic rings. The van der Waals surface area contributed by atoms with E-state index in [2.05, 4.69) is 87.5 Å². The molecule has 1 aliphatic carbocycles. The Kier molecular flexibility index (Phi) is 10.2. The molecule has 0 aromatic heterocycles. The quantitative estimate of drug-likeness (QED) is 0.268. The minimum absolute atomic E-state index is 0.0999. The molecule has 0 bridgehead atoms. The number of carbonyl (C=O) groups is 1. The van der Waals surface area contributed by atoms with Gasteiger partial charge in [0.05, 0.1) is 24.2 Å². The van der Waals surface area contributed by atoms with E-state index in [0.29, 0.717) is 32.7 Å². The number of ether oxygens (including phenoxy) is 3. The summed E-state index contributed by atoms with van der Waals surface area (Å²) >= 11 is 2.00. The molecular weight excluding hydrogens is 568 g/mol. The van der Waals surface area contributed by atoms with Gasteiger partial charge in [-0.3, -0.25) is 4.79 Å². The Morgan fingerprint density at radius 3 is 2.09 bits per heavy atom. The minimum atomic E-state index is -0.817. The largest absolute Gasteiger partial charge is 0.465 e.